The van der Waals surface area contributed by atoms with Gasteiger partial charge in [0.25, 0.3) is 0 Å². The Morgan fingerprint density at radius 1 is 0.667 bits per heavy atom. The highest BCUT2D eigenvalue weighted by atomic mass is 28.3. The van der Waals surface area contributed by atoms with Crippen LogP contribution in [0.3, 0.4) is 0 Å². The minimum absolute atomic E-state index is 1.08. The number of carbonyl (C=O) groups is 1. The van der Waals surface area contributed by atoms with Crippen LogP contribution in [0.5, 0.6) is 0 Å². The van der Waals surface area contributed by atoms with Gasteiger partial charge in [-0.25, -0.2) is 4.79 Å². The third-order valence-corrected chi connectivity index (χ3v) is 8.08. The molecule has 3 aromatic rings. The zero-order valence-corrected chi connectivity index (χ0v) is 14.0. The molecule has 0 unspecified atom stereocenters. The predicted molar refractivity (Wildman–Crippen MR) is 99.4 cm³/mol. The summed E-state index contributed by atoms with van der Waals surface area (Å²) in [5.41, 5.74) is 3.17. The van der Waals surface area contributed by atoms with Gasteiger partial charge < -0.3 is 5.11 Å². The third-order valence-electron chi connectivity index (χ3n) is 3.98. The molecule has 0 radical (unpaired) electrons. The summed E-state index contributed by atoms with van der Waals surface area (Å²) >= 11 is 0. The molecule has 3 aromatic carbocycles. The second-order valence-corrected chi connectivity index (χ2v) is 8.89. The standard InChI is InChI=1S/C21H16O2Si/c22-21(23)16-17-24(18-10-4-1-5-11-18,19-12-6-2-7-13-19)20-14-8-3-9-15-20/h1-15H,(H,22,23). The molecule has 0 bridgehead atoms. The number of hydrogen-bond donors (Lipinski definition) is 1. The molecule has 0 aromatic heterocycles. The van der Waals surface area contributed by atoms with Crippen LogP contribution >= 0.6 is 0 Å². The van der Waals surface area contributed by atoms with Crippen molar-refractivity contribution in [2.24, 2.45) is 0 Å². The summed E-state index contributed by atoms with van der Waals surface area (Å²) in [5.74, 6) is 1.31. The lowest BCUT2D eigenvalue weighted by molar-refractivity contribution is -0.130. The third kappa shape index (κ3) is 3.01. The van der Waals surface area contributed by atoms with E-state index in [9.17, 15) is 4.79 Å². The van der Waals surface area contributed by atoms with Crippen LogP contribution < -0.4 is 15.6 Å². The zero-order chi connectivity index (χ0) is 16.8. The Kier molecular flexibility index (Phi) is 4.60. The molecule has 0 fully saturated rings. The highest BCUT2D eigenvalue weighted by molar-refractivity contribution is 7.16. The number of carboxylic acid groups (broad SMARTS) is 1. The molecule has 24 heavy (non-hydrogen) atoms. The second-order valence-electron chi connectivity index (χ2n) is 5.40. The fourth-order valence-corrected chi connectivity index (χ4v) is 6.73. The predicted octanol–water partition coefficient (Wildman–Crippen LogP) is 1.78. The summed E-state index contributed by atoms with van der Waals surface area (Å²) in [6.07, 6.45) is 0. The average Bonchev–Trinajstić information content (AvgIpc) is 2.65. The maximum atomic E-state index is 11.2. The lowest BCUT2D eigenvalue weighted by atomic mass is 10.3. The molecular weight excluding hydrogens is 312 g/mol. The van der Waals surface area contributed by atoms with Gasteiger partial charge in [0.1, 0.15) is 0 Å². The number of carboxylic acids is 1. The topological polar surface area (TPSA) is 37.3 Å². The molecule has 0 heterocycles. The molecule has 0 atom stereocenters. The van der Waals surface area contributed by atoms with Gasteiger partial charge in [-0.15, -0.1) is 5.54 Å². The fourth-order valence-electron chi connectivity index (χ4n) is 2.93. The Balaban J connectivity index is 2.38. The number of hydrogen-bond acceptors (Lipinski definition) is 1. The Bertz CT molecular complexity index is 782. The highest BCUT2D eigenvalue weighted by Gasteiger charge is 2.38. The van der Waals surface area contributed by atoms with Crippen molar-refractivity contribution in [2.75, 3.05) is 0 Å². The molecule has 1 N–H and O–H groups in total. The summed E-state index contributed by atoms with van der Waals surface area (Å²) in [4.78, 5) is 11.2. The lowest BCUT2D eigenvalue weighted by Crippen LogP contribution is -2.66. The zero-order valence-electron chi connectivity index (χ0n) is 13.0. The summed E-state index contributed by atoms with van der Waals surface area (Å²) in [5, 5.41) is 12.4. The molecule has 0 saturated carbocycles. The van der Waals surface area contributed by atoms with E-state index in [1.807, 2.05) is 91.0 Å². The minimum atomic E-state index is -2.73. The van der Waals surface area contributed by atoms with Crippen LogP contribution in [0.4, 0.5) is 0 Å². The van der Waals surface area contributed by atoms with E-state index in [1.165, 1.54) is 0 Å². The van der Waals surface area contributed by atoms with Crippen LogP contribution in [0.15, 0.2) is 91.0 Å². The Hall–Kier alpha value is -3.09. The van der Waals surface area contributed by atoms with Crippen molar-refractivity contribution in [2.45, 2.75) is 0 Å². The second kappa shape index (κ2) is 6.99. The quantitative estimate of drug-likeness (QED) is 0.452. The first-order valence-electron chi connectivity index (χ1n) is 7.66. The number of aliphatic carboxylic acids is 1. The van der Waals surface area contributed by atoms with Gasteiger partial charge in [0.15, 0.2) is 0 Å². The monoisotopic (exact) mass is 328 g/mol. The summed E-state index contributed by atoms with van der Waals surface area (Å²) in [7, 11) is -2.73. The van der Waals surface area contributed by atoms with Gasteiger partial charge in [-0.1, -0.05) is 91.0 Å². The molecule has 0 saturated heterocycles. The Labute approximate surface area is 142 Å². The minimum Gasteiger partial charge on any atom is -0.472 e. The van der Waals surface area contributed by atoms with E-state index in [2.05, 4.69) is 11.5 Å². The van der Waals surface area contributed by atoms with E-state index in [0.29, 0.717) is 0 Å². The fraction of sp³-hybridized carbons (Fsp3) is 0. The van der Waals surface area contributed by atoms with E-state index in [0.717, 1.165) is 15.6 Å². The maximum absolute atomic E-state index is 11.2. The van der Waals surface area contributed by atoms with Crippen molar-refractivity contribution >= 4 is 29.6 Å². The van der Waals surface area contributed by atoms with Gasteiger partial charge in [0, 0.05) is 5.92 Å². The van der Waals surface area contributed by atoms with Gasteiger partial charge in [-0.2, -0.15) is 0 Å². The van der Waals surface area contributed by atoms with Crippen LogP contribution in [-0.4, -0.2) is 19.1 Å². The Morgan fingerprint density at radius 2 is 1.00 bits per heavy atom. The Morgan fingerprint density at radius 3 is 1.29 bits per heavy atom. The smallest absolute Gasteiger partial charge is 0.381 e. The number of benzene rings is 3. The number of rotatable bonds is 3. The van der Waals surface area contributed by atoms with E-state index < -0.39 is 14.0 Å². The van der Waals surface area contributed by atoms with Gasteiger partial charge in [0.2, 0.25) is 8.07 Å². The first-order valence-corrected chi connectivity index (χ1v) is 9.66. The first-order chi connectivity index (χ1) is 11.7. The van der Waals surface area contributed by atoms with Crippen molar-refractivity contribution < 1.29 is 9.90 Å². The molecule has 2 nitrogen and oxygen atoms in total. The van der Waals surface area contributed by atoms with Crippen molar-refractivity contribution in [1.29, 1.82) is 0 Å². The maximum Gasteiger partial charge on any atom is 0.381 e. The molecule has 3 heteroatoms. The van der Waals surface area contributed by atoms with Crippen LogP contribution in [0.25, 0.3) is 0 Å². The van der Waals surface area contributed by atoms with Crippen LogP contribution in [0, 0.1) is 11.5 Å². The van der Waals surface area contributed by atoms with Gasteiger partial charge in [0.05, 0.1) is 0 Å². The van der Waals surface area contributed by atoms with Gasteiger partial charge in [-0.3, -0.25) is 0 Å². The molecule has 3 rings (SSSR count). The molecule has 0 amide bonds. The van der Waals surface area contributed by atoms with Crippen LogP contribution in [-0.2, 0) is 4.79 Å². The van der Waals surface area contributed by atoms with E-state index in [1.54, 1.807) is 0 Å². The van der Waals surface area contributed by atoms with Crippen molar-refractivity contribution in [3.63, 3.8) is 0 Å². The van der Waals surface area contributed by atoms with Gasteiger partial charge >= 0.3 is 5.97 Å². The van der Waals surface area contributed by atoms with E-state index >= 15 is 0 Å². The molecule has 116 valence electrons. The molecule has 0 spiro atoms. The molecule has 0 aliphatic carbocycles. The SMILES string of the molecule is O=C(O)C#C[Si](c1ccccc1)(c1ccccc1)c1ccccc1. The van der Waals surface area contributed by atoms with E-state index in [-0.39, 0.29) is 0 Å². The van der Waals surface area contributed by atoms with Crippen LogP contribution in [0.2, 0.25) is 0 Å². The van der Waals surface area contributed by atoms with E-state index in [4.69, 9.17) is 5.11 Å². The summed E-state index contributed by atoms with van der Waals surface area (Å²) < 4.78 is 0. The molecule has 0 aliphatic rings. The van der Waals surface area contributed by atoms with Crippen molar-refractivity contribution in [3.8, 4) is 11.5 Å². The lowest BCUT2D eigenvalue weighted by Gasteiger charge is -2.27. The normalized spacial score (nSPS) is 10.5. The largest absolute Gasteiger partial charge is 0.472 e. The van der Waals surface area contributed by atoms with Gasteiger partial charge in [-0.05, 0) is 15.6 Å². The molecule has 0 aliphatic heterocycles. The first kappa shape index (κ1) is 15.8. The van der Waals surface area contributed by atoms with Crippen molar-refractivity contribution in [1.82, 2.24) is 0 Å². The summed E-state index contributed by atoms with van der Waals surface area (Å²) in [6.45, 7) is 0. The van der Waals surface area contributed by atoms with Crippen LogP contribution in [0.1, 0.15) is 0 Å². The summed E-state index contributed by atoms with van der Waals surface area (Å²) in [6, 6.07) is 30.0. The molecular formula is C21H16O2Si. The average molecular weight is 328 g/mol. The van der Waals surface area contributed by atoms with Crippen molar-refractivity contribution in [3.05, 3.63) is 91.0 Å². The highest BCUT2D eigenvalue weighted by Crippen LogP contribution is 2.07.